The zero-order valence-corrected chi connectivity index (χ0v) is 16.5. The summed E-state index contributed by atoms with van der Waals surface area (Å²) in [5.74, 6) is -1.83. The summed E-state index contributed by atoms with van der Waals surface area (Å²) in [5.41, 5.74) is -0.686. The molecule has 0 saturated heterocycles. The van der Waals surface area contributed by atoms with E-state index in [0.717, 1.165) is 0 Å². The van der Waals surface area contributed by atoms with E-state index in [9.17, 15) is 19.5 Å². The summed E-state index contributed by atoms with van der Waals surface area (Å²) in [4.78, 5) is 37.9. The number of nitrogens with one attached hydrogen (secondary N) is 1. The van der Waals surface area contributed by atoms with Crippen molar-refractivity contribution in [3.63, 3.8) is 0 Å². The van der Waals surface area contributed by atoms with Crippen molar-refractivity contribution in [2.45, 2.75) is 19.4 Å². The van der Waals surface area contributed by atoms with Gasteiger partial charge in [0.25, 0.3) is 5.91 Å². The van der Waals surface area contributed by atoms with Gasteiger partial charge in [0.15, 0.2) is 5.60 Å². The van der Waals surface area contributed by atoms with E-state index in [0.29, 0.717) is 16.5 Å². The van der Waals surface area contributed by atoms with Gasteiger partial charge in [0.1, 0.15) is 12.3 Å². The largest absolute Gasteiger partial charge is 0.478 e. The first kappa shape index (κ1) is 20.0. The van der Waals surface area contributed by atoms with Crippen LogP contribution in [0.5, 0.6) is 5.75 Å². The topological polar surface area (TPSA) is 95.9 Å². The van der Waals surface area contributed by atoms with Crippen molar-refractivity contribution < 1.29 is 24.2 Å². The van der Waals surface area contributed by atoms with E-state index in [1.807, 2.05) is 0 Å². The van der Waals surface area contributed by atoms with E-state index in [1.165, 1.54) is 29.2 Å². The SMILES string of the molecule is CC1(C)Oc2ccc(C(=O)O)cc2N(CC(=O)Nc2ccc(Cl)cc2Cl)C1=O. The number of nitrogens with zero attached hydrogens (tertiary/aromatic N) is 1. The molecule has 7 nitrogen and oxygen atoms in total. The lowest BCUT2D eigenvalue weighted by Gasteiger charge is -2.38. The number of benzene rings is 2. The van der Waals surface area contributed by atoms with E-state index >= 15 is 0 Å². The lowest BCUT2D eigenvalue weighted by Crippen LogP contribution is -2.54. The van der Waals surface area contributed by atoms with Crippen LogP contribution in [0, 0.1) is 0 Å². The monoisotopic (exact) mass is 422 g/mol. The molecule has 0 unspecified atom stereocenters. The second kappa shape index (κ2) is 7.33. The van der Waals surface area contributed by atoms with Crippen LogP contribution in [0.1, 0.15) is 24.2 Å². The average Bonchev–Trinajstić information content (AvgIpc) is 2.60. The van der Waals surface area contributed by atoms with Crippen LogP contribution in [0.2, 0.25) is 10.0 Å². The minimum Gasteiger partial charge on any atom is -0.478 e. The van der Waals surface area contributed by atoms with Gasteiger partial charge in [0.2, 0.25) is 5.91 Å². The number of aromatic carboxylic acids is 1. The van der Waals surface area contributed by atoms with Crippen LogP contribution in [-0.4, -0.2) is 35.0 Å². The Balaban J connectivity index is 1.91. The Labute approximate surface area is 170 Å². The van der Waals surface area contributed by atoms with Gasteiger partial charge in [-0.25, -0.2) is 4.79 Å². The summed E-state index contributed by atoms with van der Waals surface area (Å²) in [6, 6.07) is 8.74. The van der Waals surface area contributed by atoms with Crippen LogP contribution >= 0.6 is 23.2 Å². The van der Waals surface area contributed by atoms with Crippen molar-refractivity contribution >= 4 is 52.4 Å². The molecule has 0 atom stereocenters. The Morgan fingerprint density at radius 1 is 1.18 bits per heavy atom. The Morgan fingerprint density at radius 3 is 2.54 bits per heavy atom. The Kier molecular flexibility index (Phi) is 5.23. The Bertz CT molecular complexity index is 990. The molecule has 1 aliphatic rings. The van der Waals surface area contributed by atoms with Crippen molar-refractivity contribution in [2.75, 3.05) is 16.8 Å². The lowest BCUT2D eigenvalue weighted by atomic mass is 10.0. The van der Waals surface area contributed by atoms with Crippen molar-refractivity contribution in [3.05, 3.63) is 52.0 Å². The van der Waals surface area contributed by atoms with Crippen molar-refractivity contribution in [1.82, 2.24) is 0 Å². The summed E-state index contributed by atoms with van der Waals surface area (Å²) >= 11 is 11.9. The number of carbonyl (C=O) groups is 3. The van der Waals surface area contributed by atoms with Gasteiger partial charge >= 0.3 is 5.97 Å². The molecule has 9 heteroatoms. The molecule has 0 spiro atoms. The molecule has 0 bridgehead atoms. The smallest absolute Gasteiger partial charge is 0.335 e. The third-order valence-electron chi connectivity index (χ3n) is 4.13. The summed E-state index contributed by atoms with van der Waals surface area (Å²) in [5, 5.41) is 12.5. The van der Waals surface area contributed by atoms with Gasteiger partial charge in [-0.3, -0.25) is 14.5 Å². The molecule has 1 heterocycles. The first-order valence-electron chi connectivity index (χ1n) is 8.22. The average molecular weight is 423 g/mol. The number of amides is 2. The Hall–Kier alpha value is -2.77. The van der Waals surface area contributed by atoms with Crippen LogP contribution in [0.4, 0.5) is 11.4 Å². The predicted octanol–water partition coefficient (Wildman–Crippen LogP) is 3.83. The highest BCUT2D eigenvalue weighted by molar-refractivity contribution is 6.36. The quantitative estimate of drug-likeness (QED) is 0.779. The van der Waals surface area contributed by atoms with Crippen LogP contribution < -0.4 is 15.0 Å². The zero-order valence-electron chi connectivity index (χ0n) is 15.0. The highest BCUT2D eigenvalue weighted by Crippen LogP contribution is 2.38. The maximum Gasteiger partial charge on any atom is 0.335 e. The number of rotatable bonds is 4. The fourth-order valence-corrected chi connectivity index (χ4v) is 3.24. The fourth-order valence-electron chi connectivity index (χ4n) is 2.78. The third-order valence-corrected chi connectivity index (χ3v) is 4.68. The number of halogens is 2. The molecule has 146 valence electrons. The van der Waals surface area contributed by atoms with Gasteiger partial charge in [-0.2, -0.15) is 0 Å². The highest BCUT2D eigenvalue weighted by Gasteiger charge is 2.41. The number of ether oxygens (including phenoxy) is 1. The molecular weight excluding hydrogens is 407 g/mol. The highest BCUT2D eigenvalue weighted by atomic mass is 35.5. The molecule has 0 aromatic heterocycles. The van der Waals surface area contributed by atoms with E-state index < -0.39 is 23.4 Å². The van der Waals surface area contributed by atoms with Gasteiger partial charge in [-0.1, -0.05) is 23.2 Å². The van der Waals surface area contributed by atoms with Gasteiger partial charge in [-0.05, 0) is 50.2 Å². The van der Waals surface area contributed by atoms with Crippen LogP contribution in [0.25, 0.3) is 0 Å². The first-order chi connectivity index (χ1) is 13.1. The van der Waals surface area contributed by atoms with E-state index in [2.05, 4.69) is 5.32 Å². The van der Waals surface area contributed by atoms with E-state index in [1.54, 1.807) is 26.0 Å². The molecule has 2 aromatic rings. The first-order valence-corrected chi connectivity index (χ1v) is 8.97. The van der Waals surface area contributed by atoms with Crippen LogP contribution in [0.15, 0.2) is 36.4 Å². The standard InChI is InChI=1S/C19H16Cl2N2O5/c1-19(2)18(27)23(14-7-10(17(25)26)3-6-15(14)28-19)9-16(24)22-13-5-4-11(20)8-12(13)21/h3-8H,9H2,1-2H3,(H,22,24)(H,25,26). The summed E-state index contributed by atoms with van der Waals surface area (Å²) in [6.07, 6.45) is 0. The van der Waals surface area contributed by atoms with Gasteiger partial charge in [0, 0.05) is 5.02 Å². The fraction of sp³-hybridized carbons (Fsp3) is 0.211. The number of hydrogen-bond acceptors (Lipinski definition) is 4. The summed E-state index contributed by atoms with van der Waals surface area (Å²) in [6.45, 7) is 2.80. The maximum absolute atomic E-state index is 12.8. The lowest BCUT2D eigenvalue weighted by molar-refractivity contribution is -0.133. The molecule has 28 heavy (non-hydrogen) atoms. The predicted molar refractivity (Wildman–Crippen MR) is 106 cm³/mol. The van der Waals surface area contributed by atoms with E-state index in [4.69, 9.17) is 27.9 Å². The maximum atomic E-state index is 12.8. The minimum absolute atomic E-state index is 0.0268. The van der Waals surface area contributed by atoms with Gasteiger partial charge < -0.3 is 15.2 Å². The molecular formula is C19H16Cl2N2O5. The molecule has 2 N–H and O–H groups in total. The third kappa shape index (κ3) is 3.90. The molecule has 0 radical (unpaired) electrons. The number of carboxylic acid groups (broad SMARTS) is 1. The molecule has 1 aliphatic heterocycles. The number of carbonyl (C=O) groups excluding carboxylic acids is 2. The van der Waals surface area contributed by atoms with E-state index in [-0.39, 0.29) is 22.8 Å². The molecule has 3 rings (SSSR count). The number of anilines is 2. The normalized spacial score (nSPS) is 14.9. The second-order valence-corrected chi connectivity index (χ2v) is 7.51. The summed E-state index contributed by atoms with van der Waals surface area (Å²) < 4.78 is 5.68. The summed E-state index contributed by atoms with van der Waals surface area (Å²) in [7, 11) is 0. The molecule has 0 fully saturated rings. The molecule has 0 saturated carbocycles. The number of carboxylic acids is 1. The zero-order chi connectivity index (χ0) is 20.6. The minimum atomic E-state index is -1.21. The van der Waals surface area contributed by atoms with Crippen molar-refractivity contribution in [2.24, 2.45) is 0 Å². The van der Waals surface area contributed by atoms with Gasteiger partial charge in [-0.15, -0.1) is 0 Å². The molecule has 2 amide bonds. The van der Waals surface area contributed by atoms with Crippen LogP contribution in [0.3, 0.4) is 0 Å². The number of fused-ring (bicyclic) bond motifs is 1. The van der Waals surface area contributed by atoms with Gasteiger partial charge in [0.05, 0.1) is 22.0 Å². The number of hydrogen-bond donors (Lipinski definition) is 2. The second-order valence-electron chi connectivity index (χ2n) is 6.66. The van der Waals surface area contributed by atoms with Crippen molar-refractivity contribution in [1.29, 1.82) is 0 Å². The van der Waals surface area contributed by atoms with Crippen molar-refractivity contribution in [3.8, 4) is 5.75 Å². The molecule has 2 aromatic carbocycles. The Morgan fingerprint density at radius 2 is 1.89 bits per heavy atom. The van der Waals surface area contributed by atoms with Crippen LogP contribution in [-0.2, 0) is 9.59 Å². The molecule has 0 aliphatic carbocycles.